The minimum absolute atomic E-state index is 0.184. The molecule has 2 amide bonds. The molecule has 5 nitrogen and oxygen atoms in total. The molecule has 1 unspecified atom stereocenters. The second-order valence-corrected chi connectivity index (χ2v) is 5.69. The largest absolute Gasteiger partial charge is 0.418 e. The zero-order valence-electron chi connectivity index (χ0n) is 13.0. The summed E-state index contributed by atoms with van der Waals surface area (Å²) in [4.78, 5) is 23.4. The highest BCUT2D eigenvalue weighted by Gasteiger charge is 2.34. The summed E-state index contributed by atoms with van der Waals surface area (Å²) in [5.74, 6) is -2.54. The van der Waals surface area contributed by atoms with Crippen molar-refractivity contribution >= 4 is 17.5 Å². The molecule has 0 spiro atoms. The van der Waals surface area contributed by atoms with E-state index >= 15 is 0 Å². The van der Waals surface area contributed by atoms with E-state index in [1.165, 1.54) is 19.1 Å². The molecule has 1 atom stereocenters. The lowest BCUT2D eigenvalue weighted by Crippen LogP contribution is -2.47. The quantitative estimate of drug-likeness (QED) is 0.740. The molecule has 0 heterocycles. The topological polar surface area (TPSA) is 78.4 Å². The Morgan fingerprint density at radius 1 is 1.17 bits per heavy atom. The lowest BCUT2D eigenvalue weighted by molar-refractivity contribution is -0.138. The fourth-order valence-corrected chi connectivity index (χ4v) is 1.56. The van der Waals surface area contributed by atoms with Gasteiger partial charge in [-0.2, -0.15) is 13.2 Å². The zero-order chi connectivity index (χ0) is 17.8. The first-order chi connectivity index (χ1) is 10.4. The Morgan fingerprint density at radius 2 is 1.74 bits per heavy atom. The molecule has 23 heavy (non-hydrogen) atoms. The van der Waals surface area contributed by atoms with Crippen molar-refractivity contribution in [3.63, 3.8) is 0 Å². The summed E-state index contributed by atoms with van der Waals surface area (Å²) in [6.45, 7) is 4.74. The van der Waals surface area contributed by atoms with Crippen LogP contribution in [0.1, 0.15) is 26.3 Å². The van der Waals surface area contributed by atoms with Gasteiger partial charge in [-0.1, -0.05) is 26.0 Å². The zero-order valence-corrected chi connectivity index (χ0v) is 13.0. The van der Waals surface area contributed by atoms with Crippen LogP contribution in [0.5, 0.6) is 0 Å². The van der Waals surface area contributed by atoms with Crippen molar-refractivity contribution in [1.82, 2.24) is 5.32 Å². The van der Waals surface area contributed by atoms with Gasteiger partial charge in [-0.15, -0.1) is 0 Å². The molecule has 0 fully saturated rings. The van der Waals surface area contributed by atoms with Crippen LogP contribution in [-0.2, 0) is 15.8 Å². The lowest BCUT2D eigenvalue weighted by Gasteiger charge is -2.27. The molecule has 0 radical (unpaired) electrons. The summed E-state index contributed by atoms with van der Waals surface area (Å²) in [7, 11) is 0. The molecule has 1 aromatic rings. The van der Waals surface area contributed by atoms with Gasteiger partial charge in [0.25, 0.3) is 0 Å². The van der Waals surface area contributed by atoms with E-state index in [0.717, 1.165) is 12.1 Å². The molecule has 0 aromatic heterocycles. The van der Waals surface area contributed by atoms with Crippen LogP contribution in [0.3, 0.4) is 0 Å². The van der Waals surface area contributed by atoms with Gasteiger partial charge in [0, 0.05) is 6.54 Å². The number of anilines is 1. The fourth-order valence-electron chi connectivity index (χ4n) is 1.56. The Kier molecular flexibility index (Phi) is 5.76. The Bertz CT molecular complexity index is 584. The van der Waals surface area contributed by atoms with Gasteiger partial charge in [0.1, 0.15) is 0 Å². The average Bonchev–Trinajstić information content (AvgIpc) is 2.44. The SMILES string of the molecule is CC(C)C(C)(O)CNC(=O)C(=O)Nc1ccccc1C(F)(F)F. The summed E-state index contributed by atoms with van der Waals surface area (Å²) in [5, 5.41) is 14.1. The summed E-state index contributed by atoms with van der Waals surface area (Å²) in [5.41, 5.74) is -2.79. The first kappa shape index (κ1) is 19.0. The van der Waals surface area contributed by atoms with Crippen LogP contribution < -0.4 is 10.6 Å². The number of carbonyl (C=O) groups is 2. The molecule has 3 N–H and O–H groups in total. The lowest BCUT2D eigenvalue weighted by atomic mass is 9.92. The van der Waals surface area contributed by atoms with Gasteiger partial charge in [-0.3, -0.25) is 9.59 Å². The van der Waals surface area contributed by atoms with E-state index in [2.05, 4.69) is 5.32 Å². The van der Waals surface area contributed by atoms with E-state index in [0.29, 0.717) is 0 Å². The van der Waals surface area contributed by atoms with Crippen molar-refractivity contribution in [2.24, 2.45) is 5.92 Å². The highest BCUT2D eigenvalue weighted by Crippen LogP contribution is 2.34. The van der Waals surface area contributed by atoms with Gasteiger partial charge in [-0.05, 0) is 25.0 Å². The molecule has 1 aromatic carbocycles. The first-order valence-electron chi connectivity index (χ1n) is 6.93. The number of amides is 2. The number of nitrogens with one attached hydrogen (secondary N) is 2. The Balaban J connectivity index is 2.76. The molecule has 1 rings (SSSR count). The molecule has 128 valence electrons. The first-order valence-corrected chi connectivity index (χ1v) is 6.93. The number of aliphatic hydroxyl groups is 1. The molecule has 0 bridgehead atoms. The van der Waals surface area contributed by atoms with Crippen molar-refractivity contribution in [2.45, 2.75) is 32.5 Å². The predicted octanol–water partition coefficient (Wildman–Crippen LogP) is 2.17. The Labute approximate surface area is 131 Å². The number of alkyl halides is 3. The maximum absolute atomic E-state index is 12.8. The smallest absolute Gasteiger partial charge is 0.388 e. The van der Waals surface area contributed by atoms with Gasteiger partial charge in [0.05, 0.1) is 16.9 Å². The molecular formula is C15H19F3N2O3. The predicted molar refractivity (Wildman–Crippen MR) is 78.5 cm³/mol. The summed E-state index contributed by atoms with van der Waals surface area (Å²) >= 11 is 0. The number of rotatable bonds is 4. The normalized spacial score (nSPS) is 14.3. The highest BCUT2D eigenvalue weighted by atomic mass is 19.4. The standard InChI is InChI=1S/C15H19F3N2O3/c1-9(2)14(3,23)8-19-12(21)13(22)20-11-7-5-4-6-10(11)15(16,17)18/h4-7,9,23H,8H2,1-3H3,(H,19,21)(H,20,22). The number of halogens is 3. The van der Waals surface area contributed by atoms with Gasteiger partial charge in [0.2, 0.25) is 0 Å². The van der Waals surface area contributed by atoms with Crippen LogP contribution in [-0.4, -0.2) is 29.1 Å². The maximum atomic E-state index is 12.8. The summed E-state index contributed by atoms with van der Waals surface area (Å²) in [6.07, 6.45) is -4.65. The molecule has 0 saturated carbocycles. The summed E-state index contributed by atoms with van der Waals surface area (Å²) < 4.78 is 38.4. The van der Waals surface area contributed by atoms with Gasteiger partial charge in [-0.25, -0.2) is 0 Å². The minimum atomic E-state index is -4.65. The van der Waals surface area contributed by atoms with Crippen molar-refractivity contribution in [1.29, 1.82) is 0 Å². The third kappa shape index (κ3) is 5.24. The van der Waals surface area contributed by atoms with Crippen molar-refractivity contribution < 1.29 is 27.9 Å². The van der Waals surface area contributed by atoms with E-state index in [-0.39, 0.29) is 12.5 Å². The maximum Gasteiger partial charge on any atom is 0.418 e. The number of benzene rings is 1. The second-order valence-electron chi connectivity index (χ2n) is 5.69. The van der Waals surface area contributed by atoms with E-state index in [9.17, 15) is 27.9 Å². The number of carbonyl (C=O) groups excluding carboxylic acids is 2. The Hall–Kier alpha value is -2.09. The number of para-hydroxylation sites is 1. The molecule has 8 heteroatoms. The fraction of sp³-hybridized carbons (Fsp3) is 0.467. The van der Waals surface area contributed by atoms with Crippen LogP contribution in [0.15, 0.2) is 24.3 Å². The molecule has 0 aliphatic heterocycles. The van der Waals surface area contributed by atoms with E-state index in [4.69, 9.17) is 0 Å². The summed E-state index contributed by atoms with van der Waals surface area (Å²) in [6, 6.07) is 4.35. The van der Waals surface area contributed by atoms with E-state index < -0.39 is 34.8 Å². The van der Waals surface area contributed by atoms with Gasteiger partial charge in [0.15, 0.2) is 0 Å². The van der Waals surface area contributed by atoms with Crippen molar-refractivity contribution in [3.05, 3.63) is 29.8 Å². The molecule has 0 aliphatic rings. The van der Waals surface area contributed by atoms with Gasteiger partial charge >= 0.3 is 18.0 Å². The van der Waals surface area contributed by atoms with E-state index in [1.54, 1.807) is 13.8 Å². The Morgan fingerprint density at radius 3 is 2.26 bits per heavy atom. The van der Waals surface area contributed by atoms with Crippen LogP contribution in [0, 0.1) is 5.92 Å². The van der Waals surface area contributed by atoms with Crippen LogP contribution in [0.2, 0.25) is 0 Å². The van der Waals surface area contributed by atoms with Crippen molar-refractivity contribution in [3.8, 4) is 0 Å². The monoisotopic (exact) mass is 332 g/mol. The molecular weight excluding hydrogens is 313 g/mol. The number of hydrogen-bond acceptors (Lipinski definition) is 3. The highest BCUT2D eigenvalue weighted by molar-refractivity contribution is 6.39. The van der Waals surface area contributed by atoms with Crippen LogP contribution >= 0.6 is 0 Å². The van der Waals surface area contributed by atoms with Crippen molar-refractivity contribution in [2.75, 3.05) is 11.9 Å². The van der Waals surface area contributed by atoms with Crippen LogP contribution in [0.4, 0.5) is 18.9 Å². The molecule has 0 saturated heterocycles. The second kappa shape index (κ2) is 6.99. The van der Waals surface area contributed by atoms with Crippen LogP contribution in [0.25, 0.3) is 0 Å². The van der Waals surface area contributed by atoms with E-state index in [1.807, 2.05) is 5.32 Å². The average molecular weight is 332 g/mol. The minimum Gasteiger partial charge on any atom is -0.388 e. The number of hydrogen-bond donors (Lipinski definition) is 3. The van der Waals surface area contributed by atoms with Gasteiger partial charge < -0.3 is 15.7 Å². The third-order valence-corrected chi connectivity index (χ3v) is 3.54. The molecule has 0 aliphatic carbocycles. The third-order valence-electron chi connectivity index (χ3n) is 3.54.